The first-order valence-electron chi connectivity index (χ1n) is 16.1. The average molecular weight is 618 g/mol. The number of amides is 4. The first kappa shape index (κ1) is 32.2. The lowest BCUT2D eigenvalue weighted by Crippen LogP contribution is -2.64. The van der Waals surface area contributed by atoms with E-state index in [1.54, 1.807) is 12.1 Å². The number of benzene rings is 2. The second kappa shape index (κ2) is 14.3. The number of carbonyl (C=O) groups is 4. The number of primary amides is 1. The molecule has 5 rings (SSSR count). The van der Waals surface area contributed by atoms with Crippen LogP contribution in [0.4, 0.5) is 0 Å². The summed E-state index contributed by atoms with van der Waals surface area (Å²) in [5.74, 6) is -2.03. The fourth-order valence-electron chi connectivity index (χ4n) is 7.46. The normalized spacial score (nSPS) is 23.0. The Balaban J connectivity index is 1.41. The zero-order valence-electron chi connectivity index (χ0n) is 25.6. The van der Waals surface area contributed by atoms with Gasteiger partial charge in [-0.2, -0.15) is 0 Å². The minimum atomic E-state index is -1.58. The minimum absolute atomic E-state index is 0.0133. The number of nitrogens with zero attached hydrogens (tertiary/aromatic N) is 4. The quantitative estimate of drug-likeness (QED) is 0.178. The summed E-state index contributed by atoms with van der Waals surface area (Å²) in [6.07, 6.45) is 7.12. The third-order valence-corrected chi connectivity index (χ3v) is 9.90. The lowest BCUT2D eigenvalue weighted by atomic mass is 9.77. The van der Waals surface area contributed by atoms with Crippen LogP contribution >= 0.6 is 0 Å². The Morgan fingerprint density at radius 2 is 1.71 bits per heavy atom. The van der Waals surface area contributed by atoms with Gasteiger partial charge in [0.1, 0.15) is 12.1 Å². The van der Waals surface area contributed by atoms with Gasteiger partial charge in [-0.3, -0.25) is 19.2 Å². The van der Waals surface area contributed by atoms with Crippen molar-refractivity contribution >= 4 is 34.4 Å². The summed E-state index contributed by atoms with van der Waals surface area (Å²) in [4.78, 5) is 58.2. The van der Waals surface area contributed by atoms with E-state index in [1.807, 2.05) is 30.3 Å². The minimum Gasteiger partial charge on any atom is -0.381 e. The molecule has 3 fully saturated rings. The van der Waals surface area contributed by atoms with Crippen molar-refractivity contribution in [1.82, 2.24) is 15.5 Å². The van der Waals surface area contributed by atoms with Gasteiger partial charge in [-0.05, 0) is 60.0 Å². The summed E-state index contributed by atoms with van der Waals surface area (Å²) in [5.41, 5.74) is 13.8. The molecule has 0 aromatic heterocycles. The molecule has 240 valence electrons. The Morgan fingerprint density at radius 3 is 2.40 bits per heavy atom. The van der Waals surface area contributed by atoms with Gasteiger partial charge in [0.25, 0.3) is 5.91 Å². The van der Waals surface area contributed by atoms with E-state index in [9.17, 15) is 29.8 Å². The molecule has 0 spiro atoms. The van der Waals surface area contributed by atoms with Crippen LogP contribution < -0.4 is 16.4 Å². The largest absolute Gasteiger partial charge is 0.381 e. The Bertz CT molecular complexity index is 1460. The highest BCUT2D eigenvalue weighted by atomic mass is 16.3. The molecule has 4 atom stereocenters. The van der Waals surface area contributed by atoms with Crippen molar-refractivity contribution in [2.24, 2.45) is 16.8 Å². The number of nitrogens with two attached hydrogens (primary N) is 1. The van der Waals surface area contributed by atoms with Crippen molar-refractivity contribution < 1.29 is 24.3 Å². The number of rotatable bonds is 10. The smallest absolute Gasteiger partial charge is 0.251 e. The summed E-state index contributed by atoms with van der Waals surface area (Å²) in [6, 6.07) is 10.6. The lowest BCUT2D eigenvalue weighted by molar-refractivity contribution is -0.143. The zero-order chi connectivity index (χ0) is 32.0. The number of hydrogen-bond donors (Lipinski definition) is 4. The summed E-state index contributed by atoms with van der Waals surface area (Å²) in [6.45, 7) is 0.0133. The van der Waals surface area contributed by atoms with Gasteiger partial charge in [-0.1, -0.05) is 86.8 Å². The number of hydrogen-bond acceptors (Lipinski definition) is 6. The summed E-state index contributed by atoms with van der Waals surface area (Å²) in [5, 5.41) is 22.4. The maximum Gasteiger partial charge on any atom is 0.251 e. The Kier molecular flexibility index (Phi) is 10.2. The van der Waals surface area contributed by atoms with E-state index in [0.717, 1.165) is 49.3 Å². The maximum atomic E-state index is 14.4. The van der Waals surface area contributed by atoms with Crippen molar-refractivity contribution in [3.8, 4) is 0 Å². The molecular formula is C33H43N7O5. The van der Waals surface area contributed by atoms with Crippen LogP contribution in [-0.4, -0.2) is 69.9 Å². The molecule has 1 saturated heterocycles. The fraction of sp³-hybridized carbons (Fsp3) is 0.576. The highest BCUT2D eigenvalue weighted by Gasteiger charge is 2.48. The molecule has 12 heteroatoms. The van der Waals surface area contributed by atoms with Crippen LogP contribution in [0.25, 0.3) is 21.2 Å². The number of carbonyl (C=O) groups excluding carboxylic acids is 4. The van der Waals surface area contributed by atoms with E-state index in [4.69, 9.17) is 5.73 Å². The first-order chi connectivity index (χ1) is 21.7. The van der Waals surface area contributed by atoms with Crippen LogP contribution in [0.5, 0.6) is 0 Å². The van der Waals surface area contributed by atoms with Crippen LogP contribution in [0, 0.1) is 5.92 Å². The van der Waals surface area contributed by atoms with Gasteiger partial charge in [-0.15, -0.1) is 0 Å². The fourth-order valence-corrected chi connectivity index (χ4v) is 7.46. The molecule has 1 aliphatic heterocycles. The molecule has 0 radical (unpaired) electrons. The average Bonchev–Trinajstić information content (AvgIpc) is 3.48. The van der Waals surface area contributed by atoms with Gasteiger partial charge in [0.05, 0.1) is 11.6 Å². The van der Waals surface area contributed by atoms with E-state index >= 15 is 0 Å². The molecule has 1 heterocycles. The topological polar surface area (TPSA) is 191 Å². The second-order valence-electron chi connectivity index (χ2n) is 12.9. The molecule has 45 heavy (non-hydrogen) atoms. The molecule has 5 N–H and O–H groups in total. The highest BCUT2D eigenvalue weighted by Crippen LogP contribution is 2.33. The van der Waals surface area contributed by atoms with Crippen molar-refractivity contribution in [2.45, 2.75) is 107 Å². The second-order valence-corrected chi connectivity index (χ2v) is 12.9. The number of aliphatic hydroxyl groups excluding tert-OH is 1. The summed E-state index contributed by atoms with van der Waals surface area (Å²) in [7, 11) is 0. The van der Waals surface area contributed by atoms with Gasteiger partial charge in [0.15, 0.2) is 6.10 Å². The first-order valence-corrected chi connectivity index (χ1v) is 16.1. The Morgan fingerprint density at radius 1 is 1.02 bits per heavy atom. The van der Waals surface area contributed by atoms with E-state index in [2.05, 4.69) is 20.7 Å². The van der Waals surface area contributed by atoms with Crippen LogP contribution in [0.1, 0.15) is 87.4 Å². The third-order valence-electron chi connectivity index (χ3n) is 9.90. The number of aliphatic hydroxyl groups is 1. The number of nitrogens with one attached hydrogen (secondary N) is 2. The molecular weight excluding hydrogens is 574 g/mol. The van der Waals surface area contributed by atoms with Crippen LogP contribution in [-0.2, 0) is 14.4 Å². The number of fused-ring (bicyclic) bond motifs is 1. The maximum absolute atomic E-state index is 14.4. The molecule has 2 saturated carbocycles. The molecule has 12 nitrogen and oxygen atoms in total. The zero-order valence-corrected chi connectivity index (χ0v) is 25.6. The monoisotopic (exact) mass is 617 g/mol. The van der Waals surface area contributed by atoms with E-state index in [-0.39, 0.29) is 24.8 Å². The Labute approximate surface area is 262 Å². The number of likely N-dealkylation sites (tertiary alicyclic amines) is 1. The van der Waals surface area contributed by atoms with Crippen LogP contribution in [0.3, 0.4) is 0 Å². The van der Waals surface area contributed by atoms with Crippen LogP contribution in [0.15, 0.2) is 47.6 Å². The predicted octanol–water partition coefficient (Wildman–Crippen LogP) is 3.85. The lowest BCUT2D eigenvalue weighted by Gasteiger charge is -2.41. The van der Waals surface area contributed by atoms with Crippen molar-refractivity contribution in [2.75, 3.05) is 6.54 Å². The standard InChI is InChI=1S/C33H43N7O5/c34-29(42)28(41)33(15-7-2-8-16-33)37-31(44)27-19-25(38-39-35)20-40(27)32(45)26(17-21-9-3-1-4-10-21)36-30(43)24-14-13-22-11-5-6-12-23(22)18-24/h5-6,11-14,18,21,25-28,41H,1-4,7-10,15-17,19-20H2,(H2,34,42)(H,36,43)(H,37,44)/t25-,26+,27-,28?/m0/s1. The Hall–Kier alpha value is -4.15. The molecule has 2 aliphatic carbocycles. The third kappa shape index (κ3) is 7.40. The van der Waals surface area contributed by atoms with Crippen molar-refractivity contribution in [3.05, 3.63) is 58.5 Å². The van der Waals surface area contributed by atoms with Crippen LogP contribution in [0.2, 0.25) is 0 Å². The van der Waals surface area contributed by atoms with Gasteiger partial charge in [0, 0.05) is 17.0 Å². The summed E-state index contributed by atoms with van der Waals surface area (Å²) >= 11 is 0. The number of azide groups is 1. The molecule has 2 aromatic rings. The van der Waals surface area contributed by atoms with Gasteiger partial charge < -0.3 is 26.4 Å². The van der Waals surface area contributed by atoms with E-state index < -0.39 is 47.5 Å². The molecule has 1 unspecified atom stereocenters. The van der Waals surface area contributed by atoms with Gasteiger partial charge >= 0.3 is 0 Å². The molecule has 0 bridgehead atoms. The molecule has 2 aromatic carbocycles. The van der Waals surface area contributed by atoms with E-state index in [1.165, 1.54) is 4.90 Å². The SMILES string of the molecule is [N-]=[N+]=N[C@H]1C[C@@H](C(=O)NC2(C(O)C(N)=O)CCCCC2)N(C(=O)[C@@H](CC2CCCCC2)NC(=O)c2ccc3ccccc3c2)C1. The van der Waals surface area contributed by atoms with Gasteiger partial charge in [0.2, 0.25) is 17.7 Å². The predicted molar refractivity (Wildman–Crippen MR) is 169 cm³/mol. The highest BCUT2D eigenvalue weighted by molar-refractivity contribution is 6.01. The van der Waals surface area contributed by atoms with Crippen molar-refractivity contribution in [3.63, 3.8) is 0 Å². The van der Waals surface area contributed by atoms with Gasteiger partial charge in [-0.25, -0.2) is 0 Å². The molecule has 4 amide bonds. The van der Waals surface area contributed by atoms with E-state index in [0.29, 0.717) is 37.7 Å². The summed E-state index contributed by atoms with van der Waals surface area (Å²) < 4.78 is 0. The molecule has 3 aliphatic rings. The van der Waals surface area contributed by atoms with Crippen molar-refractivity contribution in [1.29, 1.82) is 0 Å².